The van der Waals surface area contributed by atoms with Gasteiger partial charge in [-0.15, -0.1) is 0 Å². The maximum absolute atomic E-state index is 10.7. The first-order valence-corrected chi connectivity index (χ1v) is 6.07. The van der Waals surface area contributed by atoms with Crippen LogP contribution in [0.25, 0.3) is 0 Å². The third kappa shape index (κ3) is 4.92. The van der Waals surface area contributed by atoms with Gasteiger partial charge in [0, 0.05) is 5.56 Å². The Kier molecular flexibility index (Phi) is 6.27. The van der Waals surface area contributed by atoms with Gasteiger partial charge in [0.25, 0.3) is 10.1 Å². The fourth-order valence-corrected chi connectivity index (χ4v) is 1.88. The van der Waals surface area contributed by atoms with E-state index in [9.17, 15) is 18.3 Å². The van der Waals surface area contributed by atoms with Gasteiger partial charge in [-0.05, 0) is 17.7 Å². The van der Waals surface area contributed by atoms with E-state index in [0.717, 1.165) is 12.1 Å². The average Bonchev–Trinajstić information content (AvgIpc) is 2.18. The number of phenols is 1. The molecule has 0 aliphatic carbocycles. The molecule has 1 aromatic carbocycles. The zero-order valence-corrected chi connectivity index (χ0v) is 12.4. The molecule has 0 heterocycles. The minimum Gasteiger partial charge on any atom is -1.00 e. The summed E-state index contributed by atoms with van der Waals surface area (Å²) in [5.74, 6) is -2.45. The van der Waals surface area contributed by atoms with Crippen LogP contribution in [0, 0.1) is 0 Å². The summed E-state index contributed by atoms with van der Waals surface area (Å²) in [4.78, 5) is 10.6. The maximum Gasteiger partial charge on any atom is 1.00 e. The summed E-state index contributed by atoms with van der Waals surface area (Å²) in [6.45, 7) is 0. The smallest absolute Gasteiger partial charge is 1.00 e. The molecule has 5 N–H and O–H groups in total. The van der Waals surface area contributed by atoms with Gasteiger partial charge in [-0.1, -0.05) is 6.07 Å². The summed E-state index contributed by atoms with van der Waals surface area (Å²) < 4.78 is 30.0. The Morgan fingerprint density at radius 2 is 2.00 bits per heavy atom. The van der Waals surface area contributed by atoms with Crippen molar-refractivity contribution in [3.63, 3.8) is 0 Å². The molecule has 9 heteroatoms. The number of carbonyl (C=O) groups is 1. The van der Waals surface area contributed by atoms with Gasteiger partial charge in [0.05, 0.1) is 0 Å². The summed E-state index contributed by atoms with van der Waals surface area (Å²) in [7, 11) is -4.31. The fourth-order valence-electron chi connectivity index (χ4n) is 1.25. The van der Waals surface area contributed by atoms with E-state index in [1.165, 1.54) is 6.07 Å². The standard InChI is InChI=1S/C9H11NO6S.Na.H/c10-8(9(12)13)5-1-2-7(11)6(3-5)4-17(14,15)16;;/h1-3,8,11H,4,10H2,(H,12,13)(H,14,15,16);;/q;+1;-1. The molecule has 0 aromatic heterocycles. The van der Waals surface area contributed by atoms with Crippen molar-refractivity contribution in [2.24, 2.45) is 5.73 Å². The first kappa shape index (κ1) is 17.4. The second-order valence-corrected chi connectivity index (χ2v) is 4.88. The number of carboxylic acid groups (broad SMARTS) is 1. The number of benzene rings is 1. The zero-order valence-electron chi connectivity index (χ0n) is 10.6. The first-order chi connectivity index (χ1) is 7.70. The van der Waals surface area contributed by atoms with E-state index in [1.807, 2.05) is 0 Å². The van der Waals surface area contributed by atoms with E-state index < -0.39 is 27.9 Å². The molecule has 0 radical (unpaired) electrons. The van der Waals surface area contributed by atoms with Crippen molar-refractivity contribution in [3.8, 4) is 5.75 Å². The summed E-state index contributed by atoms with van der Waals surface area (Å²) >= 11 is 0. The Bertz CT molecular complexity index is 550. The second-order valence-electron chi connectivity index (χ2n) is 3.43. The number of phenolic OH excluding ortho intramolecular Hbond substituents is 1. The van der Waals surface area contributed by atoms with Crippen LogP contribution in [0.15, 0.2) is 18.2 Å². The molecule has 18 heavy (non-hydrogen) atoms. The van der Waals surface area contributed by atoms with Crippen LogP contribution in [0.5, 0.6) is 5.75 Å². The maximum atomic E-state index is 10.7. The molecule has 96 valence electrons. The second kappa shape index (κ2) is 6.50. The average molecular weight is 285 g/mol. The van der Waals surface area contributed by atoms with Crippen molar-refractivity contribution in [3.05, 3.63) is 29.3 Å². The van der Waals surface area contributed by atoms with E-state index >= 15 is 0 Å². The van der Waals surface area contributed by atoms with Crippen LogP contribution in [-0.4, -0.2) is 29.2 Å². The van der Waals surface area contributed by atoms with Crippen molar-refractivity contribution in [2.75, 3.05) is 0 Å². The van der Waals surface area contributed by atoms with Gasteiger partial charge >= 0.3 is 35.5 Å². The summed E-state index contributed by atoms with van der Waals surface area (Å²) in [5, 5.41) is 18.0. The predicted octanol–water partition coefficient (Wildman–Crippen LogP) is -3.02. The van der Waals surface area contributed by atoms with Gasteiger partial charge in [0.1, 0.15) is 17.5 Å². The Morgan fingerprint density at radius 1 is 1.44 bits per heavy atom. The van der Waals surface area contributed by atoms with Crippen LogP contribution in [0.1, 0.15) is 18.6 Å². The van der Waals surface area contributed by atoms with E-state index in [4.69, 9.17) is 15.4 Å². The molecule has 1 aromatic rings. The number of nitrogens with two attached hydrogens (primary N) is 1. The fraction of sp³-hybridized carbons (Fsp3) is 0.222. The van der Waals surface area contributed by atoms with Crippen LogP contribution in [0.3, 0.4) is 0 Å². The third-order valence-corrected chi connectivity index (χ3v) is 2.74. The van der Waals surface area contributed by atoms with Gasteiger partial charge in [-0.3, -0.25) is 9.35 Å². The molecular formula is C9H12NNaO6S. The molecule has 7 nitrogen and oxygen atoms in total. The number of carboxylic acids is 1. The van der Waals surface area contributed by atoms with E-state index in [0.29, 0.717) is 0 Å². The molecule has 1 unspecified atom stereocenters. The molecule has 0 amide bonds. The number of rotatable bonds is 4. The monoisotopic (exact) mass is 285 g/mol. The van der Waals surface area contributed by atoms with Crippen LogP contribution in [0.2, 0.25) is 0 Å². The Labute approximate surface area is 127 Å². The van der Waals surface area contributed by atoms with Crippen LogP contribution in [-0.2, 0) is 20.7 Å². The van der Waals surface area contributed by atoms with Crippen molar-refractivity contribution in [2.45, 2.75) is 11.8 Å². The molecule has 0 aliphatic heterocycles. The Hall–Kier alpha value is -0.640. The number of hydrogen-bond acceptors (Lipinski definition) is 5. The quantitative estimate of drug-likeness (QED) is 0.341. The van der Waals surface area contributed by atoms with Crippen LogP contribution >= 0.6 is 0 Å². The van der Waals surface area contributed by atoms with Crippen molar-refractivity contribution in [1.82, 2.24) is 0 Å². The molecular weight excluding hydrogens is 273 g/mol. The molecule has 1 atom stereocenters. The van der Waals surface area contributed by atoms with Gasteiger partial charge in [0.2, 0.25) is 0 Å². The summed E-state index contributed by atoms with van der Waals surface area (Å²) in [5.41, 5.74) is 5.35. The van der Waals surface area contributed by atoms with Gasteiger partial charge in [-0.25, -0.2) is 0 Å². The molecule has 0 spiro atoms. The summed E-state index contributed by atoms with van der Waals surface area (Å²) in [6.07, 6.45) is 0. The van der Waals surface area contributed by atoms with Crippen molar-refractivity contribution in [1.29, 1.82) is 0 Å². The van der Waals surface area contributed by atoms with Gasteiger partial charge in [0.15, 0.2) is 0 Å². The SMILES string of the molecule is NC(C(=O)O)c1ccc(O)c(CS(=O)(=O)O)c1.[H-].[Na+]. The largest absolute Gasteiger partial charge is 1.00 e. The zero-order chi connectivity index (χ0) is 13.2. The van der Waals surface area contributed by atoms with Crippen LogP contribution < -0.4 is 35.3 Å². The molecule has 0 fully saturated rings. The van der Waals surface area contributed by atoms with Crippen LogP contribution in [0.4, 0.5) is 0 Å². The normalized spacial score (nSPS) is 12.6. The topological polar surface area (TPSA) is 138 Å². The van der Waals surface area contributed by atoms with Gasteiger partial charge < -0.3 is 17.4 Å². The Morgan fingerprint density at radius 3 is 2.44 bits per heavy atom. The molecule has 1 rings (SSSR count). The van der Waals surface area contributed by atoms with E-state index in [-0.39, 0.29) is 47.9 Å². The van der Waals surface area contributed by atoms with Crippen molar-refractivity contribution < 1.29 is 59.0 Å². The van der Waals surface area contributed by atoms with Crippen molar-refractivity contribution >= 4 is 16.1 Å². The Balaban J connectivity index is 0. The molecule has 0 saturated carbocycles. The number of aliphatic carboxylic acids is 1. The molecule has 0 aliphatic rings. The molecule has 0 saturated heterocycles. The number of hydrogen-bond donors (Lipinski definition) is 4. The minimum absolute atomic E-state index is 0. The first-order valence-electron chi connectivity index (χ1n) is 4.46. The third-order valence-electron chi connectivity index (χ3n) is 2.07. The predicted molar refractivity (Wildman–Crippen MR) is 59.0 cm³/mol. The van der Waals surface area contributed by atoms with Gasteiger partial charge in [-0.2, -0.15) is 8.42 Å². The van der Waals surface area contributed by atoms with E-state index in [1.54, 1.807) is 0 Å². The summed E-state index contributed by atoms with van der Waals surface area (Å²) in [6, 6.07) is 2.19. The minimum atomic E-state index is -4.31. The number of aromatic hydroxyl groups is 1. The molecule has 0 bridgehead atoms. The van der Waals surface area contributed by atoms with E-state index in [2.05, 4.69) is 0 Å².